The normalized spacial score (nSPS) is 17.4. The minimum absolute atomic E-state index is 0.00160. The topological polar surface area (TPSA) is 57.6 Å². The van der Waals surface area contributed by atoms with Crippen LogP contribution in [0.2, 0.25) is 0 Å². The van der Waals surface area contributed by atoms with Gasteiger partial charge in [-0.1, -0.05) is 0 Å². The van der Waals surface area contributed by atoms with Crippen LogP contribution in [0.25, 0.3) is 0 Å². The standard InChI is InChI=1S/C23H36N4O2S/c1-16-17(2)19(4)23(20(5)18(16)3)30(28,29)24-15-22(21-9-8-10-26(21)7)27-13-11-25(6)12-14-27/h8-10,22,24H,11-15H2,1-7H3. The average molecular weight is 433 g/mol. The molecule has 0 amide bonds. The number of aromatic nitrogens is 1. The zero-order valence-electron chi connectivity index (χ0n) is 19.4. The molecular formula is C23H36N4O2S. The minimum Gasteiger partial charge on any atom is -0.353 e. The lowest BCUT2D eigenvalue weighted by Gasteiger charge is -2.38. The van der Waals surface area contributed by atoms with Crippen LogP contribution in [-0.2, 0) is 17.1 Å². The smallest absolute Gasteiger partial charge is 0.241 e. The predicted molar refractivity (Wildman–Crippen MR) is 123 cm³/mol. The highest BCUT2D eigenvalue weighted by atomic mass is 32.2. The molecule has 0 spiro atoms. The lowest BCUT2D eigenvalue weighted by molar-refractivity contribution is 0.109. The number of sulfonamides is 1. The Morgan fingerprint density at radius 3 is 1.93 bits per heavy atom. The van der Waals surface area contributed by atoms with E-state index in [1.54, 1.807) is 0 Å². The molecule has 1 aliphatic heterocycles. The first-order valence-corrected chi connectivity index (χ1v) is 12.1. The van der Waals surface area contributed by atoms with E-state index >= 15 is 0 Å². The highest BCUT2D eigenvalue weighted by molar-refractivity contribution is 7.89. The Bertz CT molecular complexity index is 989. The van der Waals surface area contributed by atoms with Crippen LogP contribution in [-0.4, -0.2) is 62.6 Å². The second kappa shape index (κ2) is 8.83. The number of hydrogen-bond acceptors (Lipinski definition) is 4. The maximum atomic E-state index is 13.4. The van der Waals surface area contributed by atoms with Crippen LogP contribution in [0, 0.1) is 34.6 Å². The molecule has 1 aromatic carbocycles. The number of hydrogen-bond donors (Lipinski definition) is 1. The lowest BCUT2D eigenvalue weighted by Crippen LogP contribution is -2.49. The van der Waals surface area contributed by atoms with Gasteiger partial charge in [-0.05, 0) is 81.6 Å². The summed E-state index contributed by atoms with van der Waals surface area (Å²) in [5.41, 5.74) is 6.10. The van der Waals surface area contributed by atoms with E-state index in [4.69, 9.17) is 0 Å². The number of aryl methyl sites for hydroxylation is 1. The number of likely N-dealkylation sites (N-methyl/N-ethyl adjacent to an activating group) is 1. The van der Waals surface area contributed by atoms with Crippen molar-refractivity contribution in [2.75, 3.05) is 39.8 Å². The van der Waals surface area contributed by atoms with Crippen molar-refractivity contribution in [2.45, 2.75) is 45.6 Å². The van der Waals surface area contributed by atoms with Gasteiger partial charge in [-0.25, -0.2) is 13.1 Å². The molecule has 1 N–H and O–H groups in total. The molecule has 1 saturated heterocycles. The summed E-state index contributed by atoms with van der Waals surface area (Å²) in [7, 11) is 0.524. The van der Waals surface area contributed by atoms with Crippen LogP contribution >= 0.6 is 0 Å². The molecule has 1 atom stereocenters. The van der Waals surface area contributed by atoms with E-state index < -0.39 is 10.0 Å². The van der Waals surface area contributed by atoms with Crippen molar-refractivity contribution in [1.82, 2.24) is 19.1 Å². The van der Waals surface area contributed by atoms with Crippen LogP contribution < -0.4 is 4.72 Å². The molecule has 2 heterocycles. The zero-order chi connectivity index (χ0) is 22.2. The number of nitrogens with one attached hydrogen (secondary N) is 1. The van der Waals surface area contributed by atoms with E-state index in [1.165, 1.54) is 5.56 Å². The van der Waals surface area contributed by atoms with Gasteiger partial charge in [-0.2, -0.15) is 0 Å². The van der Waals surface area contributed by atoms with Gasteiger partial charge in [0.05, 0.1) is 10.9 Å². The fourth-order valence-corrected chi connectivity index (χ4v) is 6.14. The largest absolute Gasteiger partial charge is 0.353 e. The van der Waals surface area contributed by atoms with E-state index in [-0.39, 0.29) is 6.04 Å². The molecule has 1 unspecified atom stereocenters. The predicted octanol–water partition coefficient (Wildman–Crippen LogP) is 2.83. The number of piperazine rings is 1. The maximum Gasteiger partial charge on any atom is 0.241 e. The highest BCUT2D eigenvalue weighted by Crippen LogP contribution is 2.30. The maximum absolute atomic E-state index is 13.4. The highest BCUT2D eigenvalue weighted by Gasteiger charge is 2.29. The second-order valence-corrected chi connectivity index (χ2v) is 10.4. The summed E-state index contributed by atoms with van der Waals surface area (Å²) in [5, 5.41) is 0. The van der Waals surface area contributed by atoms with Gasteiger partial charge in [0.2, 0.25) is 10.0 Å². The summed E-state index contributed by atoms with van der Waals surface area (Å²) in [5.74, 6) is 0. The van der Waals surface area contributed by atoms with Crippen LogP contribution in [0.1, 0.15) is 39.6 Å². The fraction of sp³-hybridized carbons (Fsp3) is 0.565. The summed E-state index contributed by atoms with van der Waals surface area (Å²) in [6, 6.07) is 4.11. The van der Waals surface area contributed by atoms with Gasteiger partial charge in [-0.3, -0.25) is 4.90 Å². The van der Waals surface area contributed by atoms with E-state index in [0.29, 0.717) is 11.4 Å². The Labute approximate surface area is 181 Å². The van der Waals surface area contributed by atoms with Crippen LogP contribution in [0.15, 0.2) is 23.2 Å². The van der Waals surface area contributed by atoms with Crippen molar-refractivity contribution in [1.29, 1.82) is 0 Å². The quantitative estimate of drug-likeness (QED) is 0.763. The molecule has 0 bridgehead atoms. The first-order chi connectivity index (χ1) is 14.0. The third-order valence-electron chi connectivity index (χ3n) is 6.97. The number of rotatable bonds is 6. The SMILES string of the molecule is Cc1c(C)c(C)c(S(=O)(=O)NCC(c2cccn2C)N2CCN(C)CC2)c(C)c1C. The summed E-state index contributed by atoms with van der Waals surface area (Å²) >= 11 is 0. The molecule has 1 aliphatic rings. The zero-order valence-corrected chi connectivity index (χ0v) is 20.2. The molecule has 0 aliphatic carbocycles. The summed E-state index contributed by atoms with van der Waals surface area (Å²) in [6.07, 6.45) is 2.02. The lowest BCUT2D eigenvalue weighted by atomic mass is 9.95. The van der Waals surface area contributed by atoms with Gasteiger partial charge >= 0.3 is 0 Å². The van der Waals surface area contributed by atoms with Crippen molar-refractivity contribution in [3.63, 3.8) is 0 Å². The average Bonchev–Trinajstić information content (AvgIpc) is 3.12. The molecular weight excluding hydrogens is 396 g/mol. The Morgan fingerprint density at radius 2 is 1.43 bits per heavy atom. The van der Waals surface area contributed by atoms with Crippen LogP contribution in [0.4, 0.5) is 0 Å². The van der Waals surface area contributed by atoms with Crippen molar-refractivity contribution >= 4 is 10.0 Å². The van der Waals surface area contributed by atoms with Crippen LogP contribution in [0.5, 0.6) is 0 Å². The molecule has 1 aromatic heterocycles. The van der Waals surface area contributed by atoms with Gasteiger partial charge in [0.25, 0.3) is 0 Å². The van der Waals surface area contributed by atoms with Gasteiger partial charge in [0, 0.05) is 51.7 Å². The Balaban J connectivity index is 1.91. The molecule has 0 radical (unpaired) electrons. The van der Waals surface area contributed by atoms with Crippen molar-refractivity contribution in [3.05, 3.63) is 51.8 Å². The number of benzene rings is 1. The molecule has 1 fully saturated rings. The minimum atomic E-state index is -3.63. The van der Waals surface area contributed by atoms with Gasteiger partial charge in [0.15, 0.2) is 0 Å². The van der Waals surface area contributed by atoms with Crippen molar-refractivity contribution in [3.8, 4) is 0 Å². The molecule has 0 saturated carbocycles. The van der Waals surface area contributed by atoms with Gasteiger partial charge in [0.1, 0.15) is 0 Å². The van der Waals surface area contributed by atoms with Crippen molar-refractivity contribution < 1.29 is 8.42 Å². The third-order valence-corrected chi connectivity index (χ3v) is 8.67. The van der Waals surface area contributed by atoms with E-state index in [2.05, 4.69) is 39.1 Å². The monoisotopic (exact) mass is 432 g/mol. The van der Waals surface area contributed by atoms with E-state index in [0.717, 1.165) is 54.1 Å². The Kier molecular flexibility index (Phi) is 6.77. The molecule has 30 heavy (non-hydrogen) atoms. The summed E-state index contributed by atoms with van der Waals surface area (Å²) in [6.45, 7) is 14.1. The van der Waals surface area contributed by atoms with Gasteiger partial charge in [-0.15, -0.1) is 0 Å². The van der Waals surface area contributed by atoms with E-state index in [9.17, 15) is 8.42 Å². The first kappa shape index (κ1) is 23.0. The van der Waals surface area contributed by atoms with E-state index in [1.807, 2.05) is 47.0 Å². The Hall–Kier alpha value is -1.67. The first-order valence-electron chi connectivity index (χ1n) is 10.6. The molecule has 7 heteroatoms. The molecule has 2 aromatic rings. The van der Waals surface area contributed by atoms with Gasteiger partial charge < -0.3 is 9.47 Å². The molecule has 166 valence electrons. The second-order valence-electron chi connectivity index (χ2n) is 8.71. The van der Waals surface area contributed by atoms with Crippen molar-refractivity contribution in [2.24, 2.45) is 7.05 Å². The fourth-order valence-electron chi connectivity index (χ4n) is 4.50. The Morgan fingerprint density at radius 1 is 0.900 bits per heavy atom. The summed E-state index contributed by atoms with van der Waals surface area (Å²) in [4.78, 5) is 5.14. The summed E-state index contributed by atoms with van der Waals surface area (Å²) < 4.78 is 31.9. The number of nitrogens with zero attached hydrogens (tertiary/aromatic N) is 3. The molecule has 6 nitrogen and oxygen atoms in total. The third kappa shape index (κ3) is 4.35. The molecule has 3 rings (SSSR count). The van der Waals surface area contributed by atoms with Crippen LogP contribution in [0.3, 0.4) is 0 Å².